The molecule has 0 saturated heterocycles. The van der Waals surface area contributed by atoms with Gasteiger partial charge in [-0.25, -0.2) is 0 Å². The van der Waals surface area contributed by atoms with Crippen LogP contribution in [0.25, 0.3) is 0 Å². The summed E-state index contributed by atoms with van der Waals surface area (Å²) in [6, 6.07) is 7.09. The lowest BCUT2D eigenvalue weighted by Crippen LogP contribution is -2.41. The Bertz CT molecular complexity index is 598. The van der Waals surface area contributed by atoms with Crippen LogP contribution in [0.2, 0.25) is 0 Å². The molecule has 0 radical (unpaired) electrons. The molecule has 2 fully saturated rings. The molecule has 2 unspecified atom stereocenters. The van der Waals surface area contributed by atoms with Crippen LogP contribution in [0.15, 0.2) is 24.3 Å². The van der Waals surface area contributed by atoms with E-state index < -0.39 is 0 Å². The second-order valence-electron chi connectivity index (χ2n) is 7.00. The van der Waals surface area contributed by atoms with Crippen molar-refractivity contribution in [3.05, 3.63) is 29.8 Å². The molecule has 0 bridgehead atoms. The maximum absolute atomic E-state index is 12.6. The van der Waals surface area contributed by atoms with Crippen molar-refractivity contribution in [1.29, 1.82) is 0 Å². The van der Waals surface area contributed by atoms with Gasteiger partial charge in [0, 0.05) is 35.7 Å². The Morgan fingerprint density at radius 2 is 1.88 bits per heavy atom. The van der Waals surface area contributed by atoms with Gasteiger partial charge in [0.15, 0.2) is 0 Å². The van der Waals surface area contributed by atoms with Crippen molar-refractivity contribution >= 4 is 17.5 Å². The van der Waals surface area contributed by atoms with E-state index >= 15 is 0 Å². The van der Waals surface area contributed by atoms with Crippen molar-refractivity contribution in [2.45, 2.75) is 51.0 Å². The van der Waals surface area contributed by atoms with Gasteiger partial charge in [-0.2, -0.15) is 0 Å². The largest absolute Gasteiger partial charge is 0.396 e. The number of benzene rings is 1. The highest BCUT2D eigenvalue weighted by molar-refractivity contribution is 5.98. The fourth-order valence-corrected chi connectivity index (χ4v) is 3.37. The van der Waals surface area contributed by atoms with Gasteiger partial charge in [-0.1, -0.05) is 25.3 Å². The quantitative estimate of drug-likeness (QED) is 0.726. The second kappa shape index (κ2) is 7.79. The highest BCUT2D eigenvalue weighted by atomic mass is 16.3. The molecule has 0 aliphatic heterocycles. The molecule has 3 N–H and O–H groups in total. The van der Waals surface area contributed by atoms with Crippen molar-refractivity contribution in [3.8, 4) is 0 Å². The predicted octanol–water partition coefficient (Wildman–Crippen LogP) is 2.71. The van der Waals surface area contributed by atoms with E-state index in [1.165, 1.54) is 0 Å². The van der Waals surface area contributed by atoms with E-state index in [4.69, 9.17) is 0 Å². The van der Waals surface area contributed by atoms with Crippen LogP contribution < -0.4 is 10.6 Å². The average molecular weight is 330 g/mol. The molecule has 0 heterocycles. The van der Waals surface area contributed by atoms with Crippen LogP contribution in [-0.2, 0) is 4.79 Å². The monoisotopic (exact) mass is 330 g/mol. The molecule has 5 nitrogen and oxygen atoms in total. The summed E-state index contributed by atoms with van der Waals surface area (Å²) in [4.78, 5) is 24.4. The van der Waals surface area contributed by atoms with Crippen LogP contribution in [0, 0.1) is 11.8 Å². The number of amides is 2. The van der Waals surface area contributed by atoms with Crippen molar-refractivity contribution in [2.75, 3.05) is 11.9 Å². The molecular formula is C19H26N2O3. The Morgan fingerprint density at radius 3 is 2.62 bits per heavy atom. The van der Waals surface area contributed by atoms with Crippen molar-refractivity contribution in [3.63, 3.8) is 0 Å². The summed E-state index contributed by atoms with van der Waals surface area (Å²) in [6.07, 6.45) is 7.13. The van der Waals surface area contributed by atoms with Crippen LogP contribution in [0.5, 0.6) is 0 Å². The molecule has 2 aliphatic rings. The Kier molecular flexibility index (Phi) is 5.51. The number of aliphatic hydroxyl groups excluding tert-OH is 1. The lowest BCUT2D eigenvalue weighted by molar-refractivity contribution is -0.117. The standard InChI is InChI=1S/C19H26N2O3/c22-12-15-5-2-1-3-8-17(15)21-19(24)14-6-4-7-16(11-14)20-18(23)13-9-10-13/h4,6-7,11,13,15,17,22H,1-3,5,8-10,12H2,(H,20,23)(H,21,24). The Morgan fingerprint density at radius 1 is 1.08 bits per heavy atom. The molecule has 0 spiro atoms. The molecule has 130 valence electrons. The molecule has 1 aromatic carbocycles. The van der Waals surface area contributed by atoms with Crippen molar-refractivity contribution in [2.24, 2.45) is 11.8 Å². The molecule has 5 heteroatoms. The van der Waals surface area contributed by atoms with Gasteiger partial charge in [0.25, 0.3) is 5.91 Å². The molecule has 3 rings (SSSR count). The summed E-state index contributed by atoms with van der Waals surface area (Å²) < 4.78 is 0. The molecule has 24 heavy (non-hydrogen) atoms. The number of aliphatic hydroxyl groups is 1. The van der Waals surface area contributed by atoms with Crippen molar-refractivity contribution < 1.29 is 14.7 Å². The number of anilines is 1. The first kappa shape index (κ1) is 17.0. The molecule has 2 saturated carbocycles. The molecule has 2 amide bonds. The SMILES string of the molecule is O=C(NC1CCCCCC1CO)c1cccc(NC(=O)C2CC2)c1. The van der Waals surface area contributed by atoms with E-state index in [2.05, 4.69) is 10.6 Å². The molecular weight excluding hydrogens is 304 g/mol. The summed E-state index contributed by atoms with van der Waals surface area (Å²) >= 11 is 0. The van der Waals surface area contributed by atoms with E-state index in [-0.39, 0.29) is 36.3 Å². The van der Waals surface area contributed by atoms with Crippen LogP contribution in [0.3, 0.4) is 0 Å². The smallest absolute Gasteiger partial charge is 0.251 e. The Hall–Kier alpha value is -1.88. The van der Waals surface area contributed by atoms with Gasteiger partial charge in [0.05, 0.1) is 0 Å². The van der Waals surface area contributed by atoms with E-state index in [0.717, 1.165) is 44.9 Å². The maximum atomic E-state index is 12.6. The van der Waals surface area contributed by atoms with Gasteiger partial charge < -0.3 is 15.7 Å². The number of hydrogen-bond acceptors (Lipinski definition) is 3. The van der Waals surface area contributed by atoms with E-state index in [1.807, 2.05) is 0 Å². The summed E-state index contributed by atoms with van der Waals surface area (Å²) in [5.74, 6) is 0.174. The van der Waals surface area contributed by atoms with Gasteiger partial charge in [-0.05, 0) is 43.9 Å². The zero-order valence-electron chi connectivity index (χ0n) is 14.0. The van der Waals surface area contributed by atoms with Gasteiger partial charge in [0.1, 0.15) is 0 Å². The van der Waals surface area contributed by atoms with Gasteiger partial charge in [-0.15, -0.1) is 0 Å². The summed E-state index contributed by atoms with van der Waals surface area (Å²) in [6.45, 7) is 0.114. The Balaban J connectivity index is 1.64. The van der Waals surface area contributed by atoms with E-state index in [1.54, 1.807) is 24.3 Å². The first-order chi connectivity index (χ1) is 11.7. The maximum Gasteiger partial charge on any atom is 0.251 e. The minimum Gasteiger partial charge on any atom is -0.396 e. The zero-order chi connectivity index (χ0) is 16.9. The van der Waals surface area contributed by atoms with Crippen molar-refractivity contribution in [1.82, 2.24) is 5.32 Å². The van der Waals surface area contributed by atoms with Crippen LogP contribution in [-0.4, -0.2) is 29.6 Å². The fourth-order valence-electron chi connectivity index (χ4n) is 3.37. The minimum absolute atomic E-state index is 0.0229. The van der Waals surface area contributed by atoms with Crippen LogP contribution in [0.1, 0.15) is 55.3 Å². The number of nitrogens with one attached hydrogen (secondary N) is 2. The summed E-state index contributed by atoms with van der Waals surface area (Å²) in [7, 11) is 0. The first-order valence-electron chi connectivity index (χ1n) is 9.00. The highest BCUT2D eigenvalue weighted by Gasteiger charge is 2.29. The van der Waals surface area contributed by atoms with E-state index in [9.17, 15) is 14.7 Å². The number of carbonyl (C=O) groups excluding carboxylic acids is 2. The minimum atomic E-state index is -0.136. The van der Waals surface area contributed by atoms with E-state index in [0.29, 0.717) is 11.3 Å². The topological polar surface area (TPSA) is 78.4 Å². The highest BCUT2D eigenvalue weighted by Crippen LogP contribution is 2.30. The Labute approximate surface area is 142 Å². The fraction of sp³-hybridized carbons (Fsp3) is 0.579. The third-order valence-electron chi connectivity index (χ3n) is 5.05. The lowest BCUT2D eigenvalue weighted by Gasteiger charge is -2.24. The first-order valence-corrected chi connectivity index (χ1v) is 9.00. The number of rotatable bonds is 5. The second-order valence-corrected chi connectivity index (χ2v) is 7.00. The summed E-state index contributed by atoms with van der Waals surface area (Å²) in [5.41, 5.74) is 1.21. The lowest BCUT2D eigenvalue weighted by atomic mass is 9.95. The normalized spacial score (nSPS) is 24.0. The molecule has 2 aliphatic carbocycles. The number of hydrogen-bond donors (Lipinski definition) is 3. The van der Waals surface area contributed by atoms with Crippen LogP contribution in [0.4, 0.5) is 5.69 Å². The molecule has 0 aromatic heterocycles. The third kappa shape index (κ3) is 4.35. The summed E-state index contributed by atoms with van der Waals surface area (Å²) in [5, 5.41) is 15.5. The zero-order valence-corrected chi connectivity index (χ0v) is 14.0. The molecule has 1 aromatic rings. The van der Waals surface area contributed by atoms with Crippen LogP contribution >= 0.6 is 0 Å². The predicted molar refractivity (Wildman–Crippen MR) is 92.7 cm³/mol. The van der Waals surface area contributed by atoms with Gasteiger partial charge >= 0.3 is 0 Å². The number of carbonyl (C=O) groups is 2. The average Bonchev–Trinajstić information content (AvgIpc) is 3.43. The third-order valence-corrected chi connectivity index (χ3v) is 5.05. The van der Waals surface area contributed by atoms with Gasteiger partial charge in [-0.3, -0.25) is 9.59 Å². The molecule has 2 atom stereocenters. The van der Waals surface area contributed by atoms with Gasteiger partial charge in [0.2, 0.25) is 5.91 Å².